The number of ether oxygens (including phenoxy) is 1. The van der Waals surface area contributed by atoms with Crippen molar-refractivity contribution in [1.29, 1.82) is 0 Å². The highest BCUT2D eigenvalue weighted by molar-refractivity contribution is 7.80. The van der Waals surface area contributed by atoms with Gasteiger partial charge in [-0.15, -0.1) is 0 Å². The molecule has 0 aliphatic carbocycles. The second-order valence-corrected chi connectivity index (χ2v) is 6.96. The van der Waals surface area contributed by atoms with E-state index >= 15 is 0 Å². The molecular formula is C17H23N3OS. The molecule has 0 fully saturated rings. The molecule has 2 rings (SSSR count). The van der Waals surface area contributed by atoms with E-state index in [0.29, 0.717) is 5.17 Å². The third-order valence-electron chi connectivity index (χ3n) is 3.34. The van der Waals surface area contributed by atoms with Crippen molar-refractivity contribution in [3.63, 3.8) is 0 Å². The number of nitrogens with zero attached hydrogens (tertiary/aromatic N) is 3. The summed E-state index contributed by atoms with van der Waals surface area (Å²) in [4.78, 5) is 1.77. The molecule has 2 aromatic rings. The number of hydrogen-bond donors (Lipinski definition) is 0. The number of aryl methyl sites for hydroxylation is 1. The minimum absolute atomic E-state index is 0.0429. The Morgan fingerprint density at radius 2 is 1.91 bits per heavy atom. The molecule has 0 aliphatic heterocycles. The molecule has 0 spiro atoms. The summed E-state index contributed by atoms with van der Waals surface area (Å²) in [5, 5.41) is 5.10. The first-order valence-electron chi connectivity index (χ1n) is 7.25. The van der Waals surface area contributed by atoms with Crippen LogP contribution in [-0.4, -0.2) is 34.0 Å². The van der Waals surface area contributed by atoms with Crippen LogP contribution in [0, 0.1) is 6.92 Å². The summed E-state index contributed by atoms with van der Waals surface area (Å²) in [6.07, 6.45) is 1.99. The molecule has 1 heterocycles. The minimum Gasteiger partial charge on any atom is -0.432 e. The average molecular weight is 317 g/mol. The molecule has 0 saturated heterocycles. The molecule has 0 amide bonds. The number of benzene rings is 1. The lowest BCUT2D eigenvalue weighted by Gasteiger charge is -2.16. The molecule has 1 aromatic carbocycles. The van der Waals surface area contributed by atoms with Crippen LogP contribution in [-0.2, 0) is 5.41 Å². The van der Waals surface area contributed by atoms with Gasteiger partial charge < -0.3 is 9.64 Å². The molecule has 4 nitrogen and oxygen atoms in total. The Balaban J connectivity index is 2.26. The van der Waals surface area contributed by atoms with Crippen LogP contribution in [0.25, 0.3) is 5.69 Å². The second-order valence-electron chi connectivity index (χ2n) is 6.61. The maximum Gasteiger partial charge on any atom is 0.264 e. The fourth-order valence-electron chi connectivity index (χ4n) is 1.94. The fraction of sp³-hybridized carbons (Fsp3) is 0.412. The number of rotatable bonds is 2. The highest BCUT2D eigenvalue weighted by Crippen LogP contribution is 2.24. The Bertz CT molecular complexity index is 683. The summed E-state index contributed by atoms with van der Waals surface area (Å²) in [7, 11) is 3.73. The molecule has 118 valence electrons. The van der Waals surface area contributed by atoms with Crippen LogP contribution >= 0.6 is 12.2 Å². The number of thiocarbonyl (C=S) groups is 1. The quantitative estimate of drug-likeness (QED) is 0.790. The van der Waals surface area contributed by atoms with Crippen molar-refractivity contribution in [3.8, 4) is 11.4 Å². The zero-order chi connectivity index (χ0) is 16.5. The van der Waals surface area contributed by atoms with Gasteiger partial charge in [-0.3, -0.25) is 0 Å². The zero-order valence-corrected chi connectivity index (χ0v) is 14.9. The van der Waals surface area contributed by atoms with Crippen molar-refractivity contribution in [2.24, 2.45) is 0 Å². The van der Waals surface area contributed by atoms with Gasteiger partial charge in [0.1, 0.15) is 5.75 Å². The SMILES string of the molecule is Cc1cc(-n2ccc(C(C)(C)C)n2)ccc1OC(=S)N(C)C. The van der Waals surface area contributed by atoms with Crippen LogP contribution in [0.2, 0.25) is 0 Å². The summed E-state index contributed by atoms with van der Waals surface area (Å²) in [5.74, 6) is 0.769. The number of aromatic nitrogens is 2. The van der Waals surface area contributed by atoms with Crippen LogP contribution in [0.15, 0.2) is 30.5 Å². The topological polar surface area (TPSA) is 30.3 Å². The summed E-state index contributed by atoms with van der Waals surface area (Å²) < 4.78 is 7.58. The van der Waals surface area contributed by atoms with E-state index in [-0.39, 0.29) is 5.41 Å². The van der Waals surface area contributed by atoms with E-state index in [0.717, 1.165) is 22.7 Å². The molecule has 5 heteroatoms. The van der Waals surface area contributed by atoms with Gasteiger partial charge in [0.25, 0.3) is 5.17 Å². The minimum atomic E-state index is 0.0429. The van der Waals surface area contributed by atoms with Gasteiger partial charge >= 0.3 is 0 Å². The van der Waals surface area contributed by atoms with Crippen molar-refractivity contribution in [2.75, 3.05) is 14.1 Å². The molecule has 0 saturated carbocycles. The normalized spacial score (nSPS) is 11.4. The van der Waals surface area contributed by atoms with E-state index in [2.05, 4.69) is 31.9 Å². The van der Waals surface area contributed by atoms with Crippen molar-refractivity contribution in [1.82, 2.24) is 14.7 Å². The summed E-state index contributed by atoms with van der Waals surface area (Å²) in [5.41, 5.74) is 3.14. The predicted octanol–water partition coefficient (Wildman–Crippen LogP) is 3.70. The second kappa shape index (κ2) is 6.08. The summed E-state index contributed by atoms with van der Waals surface area (Å²) in [6.45, 7) is 8.48. The Kier molecular flexibility index (Phi) is 4.56. The lowest BCUT2D eigenvalue weighted by molar-refractivity contribution is 0.447. The molecule has 1 aromatic heterocycles. The third-order valence-corrected chi connectivity index (χ3v) is 3.79. The first-order valence-corrected chi connectivity index (χ1v) is 7.65. The molecule has 0 bridgehead atoms. The number of hydrogen-bond acceptors (Lipinski definition) is 3. The molecule has 0 aliphatic rings. The van der Waals surface area contributed by atoms with E-state index in [9.17, 15) is 0 Å². The van der Waals surface area contributed by atoms with E-state index < -0.39 is 0 Å². The van der Waals surface area contributed by atoms with Gasteiger partial charge in [0.15, 0.2) is 0 Å². The van der Waals surface area contributed by atoms with Crippen LogP contribution in [0.1, 0.15) is 32.0 Å². The van der Waals surface area contributed by atoms with Crippen molar-refractivity contribution < 1.29 is 4.74 Å². The standard InChI is InChI=1S/C17H23N3OS/c1-12-11-13(7-8-14(12)21-16(22)19(5)6)20-10-9-15(18-20)17(2,3)4/h7-11H,1-6H3. The van der Waals surface area contributed by atoms with Crippen molar-refractivity contribution in [3.05, 3.63) is 41.7 Å². The molecular weight excluding hydrogens is 294 g/mol. The highest BCUT2D eigenvalue weighted by Gasteiger charge is 2.17. The first kappa shape index (κ1) is 16.5. The Labute approximate surface area is 137 Å². The molecule has 0 N–H and O–H groups in total. The van der Waals surface area contributed by atoms with Gasteiger partial charge in [0.05, 0.1) is 11.4 Å². The van der Waals surface area contributed by atoms with Crippen molar-refractivity contribution >= 4 is 17.4 Å². The van der Waals surface area contributed by atoms with Crippen molar-refractivity contribution in [2.45, 2.75) is 33.1 Å². The van der Waals surface area contributed by atoms with Crippen LogP contribution in [0.5, 0.6) is 5.75 Å². The zero-order valence-electron chi connectivity index (χ0n) is 14.0. The van der Waals surface area contributed by atoms with Gasteiger partial charge in [-0.2, -0.15) is 5.10 Å². The van der Waals surface area contributed by atoms with Crippen LogP contribution < -0.4 is 4.74 Å². The van der Waals surface area contributed by atoms with Gasteiger partial charge in [-0.25, -0.2) is 4.68 Å². The van der Waals surface area contributed by atoms with Gasteiger partial charge in [-0.05, 0) is 49.0 Å². The van der Waals surface area contributed by atoms with E-state index in [4.69, 9.17) is 17.0 Å². The first-order chi connectivity index (χ1) is 10.2. The van der Waals surface area contributed by atoms with E-state index in [1.165, 1.54) is 0 Å². The smallest absolute Gasteiger partial charge is 0.264 e. The third kappa shape index (κ3) is 3.65. The van der Waals surface area contributed by atoms with Gasteiger partial charge in [-0.1, -0.05) is 20.8 Å². The maximum absolute atomic E-state index is 5.68. The summed E-state index contributed by atoms with van der Waals surface area (Å²) >= 11 is 5.18. The van der Waals surface area contributed by atoms with Crippen LogP contribution in [0.4, 0.5) is 0 Å². The largest absolute Gasteiger partial charge is 0.432 e. The van der Waals surface area contributed by atoms with Gasteiger partial charge in [0.2, 0.25) is 0 Å². The van der Waals surface area contributed by atoms with E-state index in [1.807, 2.05) is 50.1 Å². The van der Waals surface area contributed by atoms with Crippen LogP contribution in [0.3, 0.4) is 0 Å². The average Bonchev–Trinajstić information content (AvgIpc) is 2.90. The molecule has 0 atom stereocenters. The Morgan fingerprint density at radius 3 is 2.41 bits per heavy atom. The lowest BCUT2D eigenvalue weighted by Crippen LogP contribution is -2.25. The Hall–Kier alpha value is -1.88. The predicted molar refractivity (Wildman–Crippen MR) is 93.9 cm³/mol. The lowest BCUT2D eigenvalue weighted by atomic mass is 9.93. The maximum atomic E-state index is 5.68. The summed E-state index contributed by atoms with van der Waals surface area (Å²) in [6, 6.07) is 8.02. The monoisotopic (exact) mass is 317 g/mol. The molecule has 0 unspecified atom stereocenters. The molecule has 0 radical (unpaired) electrons. The Morgan fingerprint density at radius 1 is 1.23 bits per heavy atom. The highest BCUT2D eigenvalue weighted by atomic mass is 32.1. The van der Waals surface area contributed by atoms with E-state index in [1.54, 1.807) is 4.90 Å². The van der Waals surface area contributed by atoms with Gasteiger partial charge in [0, 0.05) is 25.7 Å². The molecule has 22 heavy (non-hydrogen) atoms. The fourth-order valence-corrected chi connectivity index (χ4v) is 2.03.